The van der Waals surface area contributed by atoms with Crippen LogP contribution in [0.25, 0.3) is 0 Å². The number of carboxylic acid groups (broad SMARTS) is 1. The Labute approximate surface area is 87.0 Å². The van der Waals surface area contributed by atoms with Crippen LogP contribution < -0.4 is 5.32 Å². The lowest BCUT2D eigenvalue weighted by Crippen LogP contribution is -2.05. The largest absolute Gasteiger partial charge is 0.478 e. The Kier molecular flexibility index (Phi) is 3.54. The summed E-state index contributed by atoms with van der Waals surface area (Å²) in [5.41, 5.74) is 0.709. The molecule has 0 aromatic heterocycles. The summed E-state index contributed by atoms with van der Waals surface area (Å²) in [6.45, 7) is 4.05. The molecule has 0 fully saturated rings. The maximum absolute atomic E-state index is 10.8. The lowest BCUT2D eigenvalue weighted by Gasteiger charge is -2.07. The van der Waals surface area contributed by atoms with Crippen LogP contribution in [0, 0.1) is 0 Å². The second-order valence-corrected chi connectivity index (χ2v) is 3.10. The molecule has 0 saturated heterocycles. The molecule has 0 spiro atoms. The summed E-state index contributed by atoms with van der Waals surface area (Å²) >= 11 is 5.68. The van der Waals surface area contributed by atoms with Gasteiger partial charge in [-0.25, -0.2) is 4.79 Å². The first kappa shape index (κ1) is 10.6. The third kappa shape index (κ3) is 2.50. The minimum atomic E-state index is -1.00. The van der Waals surface area contributed by atoms with Crippen molar-refractivity contribution in [2.75, 3.05) is 11.9 Å². The zero-order chi connectivity index (χ0) is 10.6. The summed E-state index contributed by atoms with van der Waals surface area (Å²) in [7, 11) is 0. The van der Waals surface area contributed by atoms with Gasteiger partial charge in [-0.1, -0.05) is 17.7 Å². The Morgan fingerprint density at radius 3 is 2.93 bits per heavy atom. The Bertz CT molecular complexity index is 363. The van der Waals surface area contributed by atoms with Crippen LogP contribution in [-0.4, -0.2) is 17.6 Å². The van der Waals surface area contributed by atoms with E-state index in [4.69, 9.17) is 16.7 Å². The highest BCUT2D eigenvalue weighted by Gasteiger charge is 2.09. The summed E-state index contributed by atoms with van der Waals surface area (Å²) in [6, 6.07) is 4.68. The van der Waals surface area contributed by atoms with Gasteiger partial charge >= 0.3 is 5.97 Å². The van der Waals surface area contributed by atoms with Gasteiger partial charge < -0.3 is 10.4 Å². The van der Waals surface area contributed by atoms with Gasteiger partial charge in [0.25, 0.3) is 0 Å². The van der Waals surface area contributed by atoms with E-state index in [1.54, 1.807) is 18.2 Å². The summed E-state index contributed by atoms with van der Waals surface area (Å²) < 4.78 is 0. The molecule has 1 aromatic rings. The zero-order valence-corrected chi connectivity index (χ0v) is 8.21. The van der Waals surface area contributed by atoms with E-state index in [2.05, 4.69) is 11.9 Å². The van der Waals surface area contributed by atoms with Crippen LogP contribution in [0.15, 0.2) is 30.9 Å². The van der Waals surface area contributed by atoms with Gasteiger partial charge in [0.15, 0.2) is 0 Å². The maximum atomic E-state index is 10.8. The van der Waals surface area contributed by atoms with Crippen LogP contribution >= 0.6 is 11.6 Å². The van der Waals surface area contributed by atoms with Gasteiger partial charge in [-0.3, -0.25) is 0 Å². The fourth-order valence-electron chi connectivity index (χ4n) is 1.03. The van der Waals surface area contributed by atoms with Crippen molar-refractivity contribution in [3.63, 3.8) is 0 Å². The number of aromatic carboxylic acids is 1. The van der Waals surface area contributed by atoms with E-state index in [-0.39, 0.29) is 5.56 Å². The van der Waals surface area contributed by atoms with Crippen molar-refractivity contribution in [2.24, 2.45) is 0 Å². The van der Waals surface area contributed by atoms with E-state index < -0.39 is 5.97 Å². The zero-order valence-electron chi connectivity index (χ0n) is 7.46. The SMILES string of the molecule is C=CCNc1ccc(Cl)cc1C(=O)O. The fraction of sp³-hybridized carbons (Fsp3) is 0.100. The molecule has 74 valence electrons. The number of rotatable bonds is 4. The second kappa shape index (κ2) is 4.67. The monoisotopic (exact) mass is 211 g/mol. The minimum Gasteiger partial charge on any atom is -0.478 e. The summed E-state index contributed by atoms with van der Waals surface area (Å²) in [4.78, 5) is 10.8. The minimum absolute atomic E-state index is 0.166. The van der Waals surface area contributed by atoms with Gasteiger partial charge in [0.05, 0.1) is 5.56 Å². The molecule has 1 aromatic carbocycles. The number of hydrogen-bond acceptors (Lipinski definition) is 2. The van der Waals surface area contributed by atoms with E-state index in [1.807, 2.05) is 0 Å². The molecule has 0 aliphatic heterocycles. The molecule has 0 unspecified atom stereocenters. The van der Waals surface area contributed by atoms with Crippen molar-refractivity contribution in [1.29, 1.82) is 0 Å². The smallest absolute Gasteiger partial charge is 0.337 e. The van der Waals surface area contributed by atoms with E-state index in [1.165, 1.54) is 6.07 Å². The van der Waals surface area contributed by atoms with Crippen molar-refractivity contribution in [1.82, 2.24) is 0 Å². The van der Waals surface area contributed by atoms with Crippen LogP contribution in [0.3, 0.4) is 0 Å². The van der Waals surface area contributed by atoms with Crippen LogP contribution in [-0.2, 0) is 0 Å². The van der Waals surface area contributed by atoms with Gasteiger partial charge in [0, 0.05) is 17.3 Å². The number of carbonyl (C=O) groups is 1. The first-order valence-corrected chi connectivity index (χ1v) is 4.40. The average Bonchev–Trinajstić information content (AvgIpc) is 2.15. The highest BCUT2D eigenvalue weighted by Crippen LogP contribution is 2.20. The summed E-state index contributed by atoms with van der Waals surface area (Å²) in [5.74, 6) is -1.00. The standard InChI is InChI=1S/C10H10ClNO2/c1-2-5-12-9-4-3-7(11)6-8(9)10(13)14/h2-4,6,12H,1,5H2,(H,13,14). The number of anilines is 1. The predicted octanol–water partition coefficient (Wildman–Crippen LogP) is 2.64. The molecule has 0 amide bonds. The summed E-state index contributed by atoms with van der Waals surface area (Å²) in [6.07, 6.45) is 1.65. The van der Waals surface area contributed by atoms with Gasteiger partial charge in [-0.15, -0.1) is 6.58 Å². The molecule has 1 rings (SSSR count). The number of benzene rings is 1. The lowest BCUT2D eigenvalue weighted by molar-refractivity contribution is 0.0698. The highest BCUT2D eigenvalue weighted by molar-refractivity contribution is 6.31. The number of hydrogen-bond donors (Lipinski definition) is 2. The molecule has 0 radical (unpaired) electrons. The van der Waals surface area contributed by atoms with Crippen molar-refractivity contribution in [3.05, 3.63) is 41.4 Å². The van der Waals surface area contributed by atoms with Crippen molar-refractivity contribution in [2.45, 2.75) is 0 Å². The molecular formula is C10H10ClNO2. The molecule has 0 aliphatic rings. The van der Waals surface area contributed by atoms with Crippen LogP contribution in [0.2, 0.25) is 5.02 Å². The molecule has 4 heteroatoms. The van der Waals surface area contributed by atoms with Crippen molar-refractivity contribution in [3.8, 4) is 0 Å². The van der Waals surface area contributed by atoms with Crippen LogP contribution in [0.1, 0.15) is 10.4 Å². The third-order valence-corrected chi connectivity index (χ3v) is 1.88. The van der Waals surface area contributed by atoms with Crippen molar-refractivity contribution >= 4 is 23.3 Å². The highest BCUT2D eigenvalue weighted by atomic mass is 35.5. The normalized spacial score (nSPS) is 9.50. The van der Waals surface area contributed by atoms with Crippen molar-refractivity contribution < 1.29 is 9.90 Å². The number of nitrogens with one attached hydrogen (secondary N) is 1. The Morgan fingerprint density at radius 1 is 1.64 bits per heavy atom. The van der Waals surface area contributed by atoms with Crippen LogP contribution in [0.5, 0.6) is 0 Å². The molecule has 2 N–H and O–H groups in total. The Balaban J connectivity index is 3.01. The van der Waals surface area contributed by atoms with Gasteiger partial charge in [0.2, 0.25) is 0 Å². The fourth-order valence-corrected chi connectivity index (χ4v) is 1.20. The third-order valence-electron chi connectivity index (χ3n) is 1.65. The van der Waals surface area contributed by atoms with Gasteiger partial charge in [-0.05, 0) is 18.2 Å². The van der Waals surface area contributed by atoms with Crippen LogP contribution in [0.4, 0.5) is 5.69 Å². The maximum Gasteiger partial charge on any atom is 0.337 e. The van der Waals surface area contributed by atoms with E-state index in [0.29, 0.717) is 17.3 Å². The molecule has 0 saturated carbocycles. The number of carboxylic acids is 1. The lowest BCUT2D eigenvalue weighted by atomic mass is 10.2. The number of halogens is 1. The molecule has 3 nitrogen and oxygen atoms in total. The van der Waals surface area contributed by atoms with E-state index in [9.17, 15) is 4.79 Å². The topological polar surface area (TPSA) is 49.3 Å². The molecule has 0 heterocycles. The first-order valence-electron chi connectivity index (χ1n) is 4.02. The van der Waals surface area contributed by atoms with E-state index >= 15 is 0 Å². The van der Waals surface area contributed by atoms with E-state index in [0.717, 1.165) is 0 Å². The molecule has 0 bridgehead atoms. The quantitative estimate of drug-likeness (QED) is 0.753. The Morgan fingerprint density at radius 2 is 2.36 bits per heavy atom. The molecule has 14 heavy (non-hydrogen) atoms. The van der Waals surface area contributed by atoms with Gasteiger partial charge in [-0.2, -0.15) is 0 Å². The Hall–Kier alpha value is -1.48. The molecule has 0 atom stereocenters. The predicted molar refractivity (Wildman–Crippen MR) is 57.1 cm³/mol. The first-order chi connectivity index (χ1) is 6.65. The summed E-state index contributed by atoms with van der Waals surface area (Å²) in [5, 5.41) is 12.2. The average molecular weight is 212 g/mol. The second-order valence-electron chi connectivity index (χ2n) is 2.66. The molecular weight excluding hydrogens is 202 g/mol. The molecule has 0 aliphatic carbocycles. The van der Waals surface area contributed by atoms with Gasteiger partial charge in [0.1, 0.15) is 0 Å².